The number of hydrogen-bond donors (Lipinski definition) is 1. The quantitative estimate of drug-likeness (QED) is 0.856. The number of benzene rings is 1. The van der Waals surface area contributed by atoms with E-state index in [1.807, 2.05) is 0 Å². The van der Waals surface area contributed by atoms with Gasteiger partial charge in [0.1, 0.15) is 11.9 Å². The van der Waals surface area contributed by atoms with Gasteiger partial charge in [0, 0.05) is 18.2 Å². The van der Waals surface area contributed by atoms with Gasteiger partial charge in [-0.1, -0.05) is 6.92 Å². The van der Waals surface area contributed by atoms with E-state index in [0.29, 0.717) is 6.54 Å². The Bertz CT molecular complexity index is 608. The van der Waals surface area contributed by atoms with Crippen molar-refractivity contribution in [1.82, 2.24) is 5.32 Å². The molecule has 0 bridgehead atoms. The number of ether oxygens (including phenoxy) is 1. The molecule has 0 radical (unpaired) electrons. The third kappa shape index (κ3) is 5.10. The highest BCUT2D eigenvalue weighted by molar-refractivity contribution is 7.91. The van der Waals surface area contributed by atoms with Gasteiger partial charge in [-0.3, -0.25) is 0 Å². The fourth-order valence-corrected chi connectivity index (χ4v) is 3.60. The van der Waals surface area contributed by atoms with E-state index in [0.717, 1.165) is 25.1 Å². The van der Waals surface area contributed by atoms with E-state index in [1.54, 1.807) is 6.92 Å². The van der Waals surface area contributed by atoms with E-state index in [2.05, 4.69) is 5.32 Å². The zero-order chi connectivity index (χ0) is 17.1. The largest absolute Gasteiger partial charge is 0.489 e. The summed E-state index contributed by atoms with van der Waals surface area (Å²) < 4.78 is 67.2. The van der Waals surface area contributed by atoms with E-state index < -0.39 is 27.7 Å². The van der Waals surface area contributed by atoms with Crippen molar-refractivity contribution in [3.05, 3.63) is 29.8 Å². The van der Waals surface area contributed by atoms with Crippen LogP contribution in [-0.2, 0) is 16.0 Å². The van der Waals surface area contributed by atoms with E-state index in [4.69, 9.17) is 4.74 Å². The predicted octanol–water partition coefficient (Wildman–Crippen LogP) is 2.50. The van der Waals surface area contributed by atoms with E-state index >= 15 is 0 Å². The average molecular weight is 351 g/mol. The highest BCUT2D eigenvalue weighted by Gasteiger charge is 2.32. The molecule has 0 unspecified atom stereocenters. The fraction of sp³-hybridized carbons (Fsp3) is 0.600. The van der Waals surface area contributed by atoms with Crippen molar-refractivity contribution in [3.63, 3.8) is 0 Å². The summed E-state index contributed by atoms with van der Waals surface area (Å²) in [5.74, 6) is 0.163. The van der Waals surface area contributed by atoms with Crippen LogP contribution in [0.5, 0.6) is 5.75 Å². The first-order valence-corrected chi connectivity index (χ1v) is 9.28. The Kier molecular flexibility index (Phi) is 5.57. The van der Waals surface area contributed by atoms with Gasteiger partial charge in [-0.15, -0.1) is 0 Å². The van der Waals surface area contributed by atoms with Gasteiger partial charge in [-0.25, -0.2) is 8.42 Å². The smallest absolute Gasteiger partial charge is 0.416 e. The molecule has 2 atom stereocenters. The first kappa shape index (κ1) is 18.1. The van der Waals surface area contributed by atoms with Crippen molar-refractivity contribution >= 4 is 9.84 Å². The molecular weight excluding hydrogens is 331 g/mol. The molecule has 1 fully saturated rings. The zero-order valence-corrected chi connectivity index (χ0v) is 13.6. The summed E-state index contributed by atoms with van der Waals surface area (Å²) >= 11 is 0. The molecular formula is C15H20F3NO3S. The maximum Gasteiger partial charge on any atom is 0.416 e. The van der Waals surface area contributed by atoms with Gasteiger partial charge in [0.15, 0.2) is 9.84 Å². The van der Waals surface area contributed by atoms with Gasteiger partial charge < -0.3 is 10.1 Å². The molecule has 1 aromatic rings. The van der Waals surface area contributed by atoms with Crippen LogP contribution in [0.4, 0.5) is 13.2 Å². The minimum Gasteiger partial charge on any atom is -0.489 e. The standard InChI is InChI=1S/C15H20F3NO3S/c1-2-23(20,21)10-14(11-7-8-19-9-11)22-13-5-3-12(4-6-13)15(16,17)18/h3-6,11,14,19H,2,7-10H2,1H3/t11-,14+/m0/s1. The van der Waals surface area contributed by atoms with Crippen LogP contribution in [0.2, 0.25) is 0 Å². The number of alkyl halides is 3. The zero-order valence-electron chi connectivity index (χ0n) is 12.8. The van der Waals surface area contributed by atoms with Gasteiger partial charge in [-0.05, 0) is 37.2 Å². The minimum atomic E-state index is -4.40. The second kappa shape index (κ2) is 7.09. The number of nitrogens with one attached hydrogen (secondary N) is 1. The van der Waals surface area contributed by atoms with E-state index in [1.165, 1.54) is 12.1 Å². The Balaban J connectivity index is 2.13. The summed E-state index contributed by atoms with van der Waals surface area (Å²) in [6.45, 7) is 2.99. The second-order valence-corrected chi connectivity index (χ2v) is 8.03. The van der Waals surface area contributed by atoms with Crippen molar-refractivity contribution in [1.29, 1.82) is 0 Å². The lowest BCUT2D eigenvalue weighted by Crippen LogP contribution is -2.36. The fourth-order valence-electron chi connectivity index (χ4n) is 2.53. The average Bonchev–Trinajstić information content (AvgIpc) is 3.00. The molecule has 2 rings (SSSR count). The Hall–Kier alpha value is -1.28. The summed E-state index contributed by atoms with van der Waals surface area (Å²) in [6.07, 6.45) is -4.18. The number of sulfone groups is 1. The van der Waals surface area contributed by atoms with Gasteiger partial charge >= 0.3 is 6.18 Å². The molecule has 0 aromatic heterocycles. The van der Waals surface area contributed by atoms with E-state index in [-0.39, 0.29) is 23.2 Å². The molecule has 1 aromatic carbocycles. The molecule has 1 saturated heterocycles. The molecule has 8 heteroatoms. The third-order valence-electron chi connectivity index (χ3n) is 3.95. The second-order valence-electron chi connectivity index (χ2n) is 5.63. The molecule has 1 aliphatic rings. The SMILES string of the molecule is CCS(=O)(=O)C[C@@H](Oc1ccc(C(F)(F)F)cc1)[C@H]1CCNC1. The maximum absolute atomic E-state index is 12.6. The molecule has 23 heavy (non-hydrogen) atoms. The van der Waals surface area contributed by atoms with Crippen LogP contribution in [0.25, 0.3) is 0 Å². The molecule has 1 heterocycles. The Labute approximate surface area is 133 Å². The lowest BCUT2D eigenvalue weighted by atomic mass is 10.0. The van der Waals surface area contributed by atoms with Crippen molar-refractivity contribution in [2.24, 2.45) is 5.92 Å². The van der Waals surface area contributed by atoms with Crippen LogP contribution in [0, 0.1) is 5.92 Å². The molecule has 1 aliphatic heterocycles. The van der Waals surface area contributed by atoms with Crippen LogP contribution in [0.1, 0.15) is 18.9 Å². The van der Waals surface area contributed by atoms with Crippen LogP contribution in [0.3, 0.4) is 0 Å². The van der Waals surface area contributed by atoms with Crippen LogP contribution >= 0.6 is 0 Å². The maximum atomic E-state index is 12.6. The summed E-state index contributed by atoms with van der Waals surface area (Å²) in [7, 11) is -3.24. The predicted molar refractivity (Wildman–Crippen MR) is 81.2 cm³/mol. The van der Waals surface area contributed by atoms with Crippen LogP contribution in [-0.4, -0.2) is 39.1 Å². The first-order valence-electron chi connectivity index (χ1n) is 7.46. The highest BCUT2D eigenvalue weighted by atomic mass is 32.2. The molecule has 0 saturated carbocycles. The lowest BCUT2D eigenvalue weighted by Gasteiger charge is -2.24. The van der Waals surface area contributed by atoms with Gasteiger partial charge in [-0.2, -0.15) is 13.2 Å². The normalized spacial score (nSPS) is 20.4. The summed E-state index contributed by atoms with van der Waals surface area (Å²) in [5.41, 5.74) is -0.759. The van der Waals surface area contributed by atoms with Crippen molar-refractivity contribution in [2.45, 2.75) is 25.6 Å². The van der Waals surface area contributed by atoms with Crippen LogP contribution in [0.15, 0.2) is 24.3 Å². The molecule has 0 amide bonds. The first-order chi connectivity index (χ1) is 10.7. The summed E-state index contributed by atoms with van der Waals surface area (Å²) in [6, 6.07) is 4.34. The monoisotopic (exact) mass is 351 g/mol. The molecule has 0 spiro atoms. The highest BCUT2D eigenvalue weighted by Crippen LogP contribution is 2.31. The molecule has 130 valence electrons. The number of halogens is 3. The van der Waals surface area contributed by atoms with Crippen LogP contribution < -0.4 is 10.1 Å². The van der Waals surface area contributed by atoms with Gasteiger partial charge in [0.25, 0.3) is 0 Å². The summed E-state index contributed by atoms with van der Waals surface area (Å²) in [4.78, 5) is 0. The Morgan fingerprint density at radius 2 is 1.96 bits per heavy atom. The number of rotatable bonds is 6. The lowest BCUT2D eigenvalue weighted by molar-refractivity contribution is -0.137. The summed E-state index contributed by atoms with van der Waals surface area (Å²) in [5, 5.41) is 3.15. The molecule has 4 nitrogen and oxygen atoms in total. The number of hydrogen-bond acceptors (Lipinski definition) is 4. The van der Waals surface area contributed by atoms with E-state index in [9.17, 15) is 21.6 Å². The van der Waals surface area contributed by atoms with Crippen molar-refractivity contribution in [3.8, 4) is 5.75 Å². The topological polar surface area (TPSA) is 55.4 Å². The van der Waals surface area contributed by atoms with Gasteiger partial charge in [0.2, 0.25) is 0 Å². The Morgan fingerprint density at radius 1 is 1.30 bits per heavy atom. The van der Waals surface area contributed by atoms with Crippen molar-refractivity contribution < 1.29 is 26.3 Å². The molecule has 1 N–H and O–H groups in total. The minimum absolute atomic E-state index is 0.0139. The van der Waals surface area contributed by atoms with Crippen molar-refractivity contribution in [2.75, 3.05) is 24.6 Å². The third-order valence-corrected chi connectivity index (χ3v) is 5.67. The Morgan fingerprint density at radius 3 is 2.43 bits per heavy atom. The molecule has 0 aliphatic carbocycles. The van der Waals surface area contributed by atoms with Gasteiger partial charge in [0.05, 0.1) is 11.3 Å².